The summed E-state index contributed by atoms with van der Waals surface area (Å²) < 4.78 is 31.6. The minimum absolute atomic E-state index is 0.177. The summed E-state index contributed by atoms with van der Waals surface area (Å²) in [6.07, 6.45) is 1.92. The molecule has 0 amide bonds. The number of ether oxygens (including phenoxy) is 1. The molecule has 1 aliphatic rings. The highest BCUT2D eigenvalue weighted by molar-refractivity contribution is 7.89. The van der Waals surface area contributed by atoms with Gasteiger partial charge in [-0.3, -0.25) is 0 Å². The summed E-state index contributed by atoms with van der Waals surface area (Å²) in [5.74, 6) is 0.691. The first kappa shape index (κ1) is 15.3. The van der Waals surface area contributed by atoms with Crippen LogP contribution < -0.4 is 10.1 Å². The number of nitrogens with zero attached hydrogens (tertiary/aromatic N) is 1. The smallest absolute Gasteiger partial charge is 0.243 e. The Morgan fingerprint density at radius 2 is 1.95 bits per heavy atom. The SMILES string of the molecule is CCNCCOc1ccc(S(=O)(=O)N(C)C2CC2)cc1. The van der Waals surface area contributed by atoms with Gasteiger partial charge in [-0.2, -0.15) is 4.31 Å². The fourth-order valence-electron chi connectivity index (χ4n) is 1.93. The topological polar surface area (TPSA) is 58.6 Å². The van der Waals surface area contributed by atoms with E-state index in [1.165, 1.54) is 4.31 Å². The zero-order chi connectivity index (χ0) is 14.6. The van der Waals surface area contributed by atoms with Crippen molar-refractivity contribution >= 4 is 10.0 Å². The molecule has 0 heterocycles. The number of nitrogens with one attached hydrogen (secondary N) is 1. The minimum atomic E-state index is -3.36. The van der Waals surface area contributed by atoms with Crippen LogP contribution in [0.5, 0.6) is 5.75 Å². The van der Waals surface area contributed by atoms with Gasteiger partial charge in [0.25, 0.3) is 0 Å². The van der Waals surface area contributed by atoms with E-state index in [1.807, 2.05) is 6.92 Å². The Kier molecular flexibility index (Phi) is 5.01. The number of hydrogen-bond acceptors (Lipinski definition) is 4. The highest BCUT2D eigenvalue weighted by Crippen LogP contribution is 2.30. The molecule has 0 radical (unpaired) electrons. The van der Waals surface area contributed by atoms with Crippen LogP contribution in [0.15, 0.2) is 29.2 Å². The van der Waals surface area contributed by atoms with Gasteiger partial charge < -0.3 is 10.1 Å². The molecule has 1 N–H and O–H groups in total. The summed E-state index contributed by atoms with van der Waals surface area (Å²) in [5.41, 5.74) is 0. The molecule has 1 aromatic rings. The third kappa shape index (κ3) is 3.71. The van der Waals surface area contributed by atoms with Crippen molar-refractivity contribution in [3.05, 3.63) is 24.3 Å². The first-order valence-electron chi connectivity index (χ1n) is 6.97. The Balaban J connectivity index is 1.96. The van der Waals surface area contributed by atoms with Crippen LogP contribution in [0.4, 0.5) is 0 Å². The molecule has 0 aromatic heterocycles. The number of hydrogen-bond donors (Lipinski definition) is 1. The van der Waals surface area contributed by atoms with Crippen LogP contribution in [-0.4, -0.2) is 45.5 Å². The van der Waals surface area contributed by atoms with E-state index in [0.717, 1.165) is 25.9 Å². The largest absolute Gasteiger partial charge is 0.492 e. The first-order valence-corrected chi connectivity index (χ1v) is 8.41. The van der Waals surface area contributed by atoms with E-state index < -0.39 is 10.0 Å². The lowest BCUT2D eigenvalue weighted by Crippen LogP contribution is -2.28. The number of sulfonamides is 1. The lowest BCUT2D eigenvalue weighted by atomic mass is 10.3. The van der Waals surface area contributed by atoms with Crippen molar-refractivity contribution in [3.8, 4) is 5.75 Å². The van der Waals surface area contributed by atoms with Gasteiger partial charge in [0.15, 0.2) is 0 Å². The second-order valence-electron chi connectivity index (χ2n) is 4.93. The van der Waals surface area contributed by atoms with Gasteiger partial charge in [-0.15, -0.1) is 0 Å². The second kappa shape index (κ2) is 6.56. The molecule has 0 unspecified atom stereocenters. The molecule has 0 bridgehead atoms. The number of likely N-dealkylation sites (N-methyl/N-ethyl adjacent to an activating group) is 1. The highest BCUT2D eigenvalue weighted by atomic mass is 32.2. The third-order valence-electron chi connectivity index (χ3n) is 3.36. The van der Waals surface area contributed by atoms with Crippen molar-refractivity contribution in [1.29, 1.82) is 0 Å². The normalized spacial score (nSPS) is 15.6. The van der Waals surface area contributed by atoms with Crippen molar-refractivity contribution in [2.45, 2.75) is 30.7 Å². The van der Waals surface area contributed by atoms with Gasteiger partial charge in [0.1, 0.15) is 12.4 Å². The van der Waals surface area contributed by atoms with Crippen molar-refractivity contribution in [2.75, 3.05) is 26.7 Å². The van der Waals surface area contributed by atoms with Crippen molar-refractivity contribution in [1.82, 2.24) is 9.62 Å². The molecule has 0 spiro atoms. The molecule has 20 heavy (non-hydrogen) atoms. The third-order valence-corrected chi connectivity index (χ3v) is 5.28. The van der Waals surface area contributed by atoms with E-state index >= 15 is 0 Å². The molecular weight excluding hydrogens is 276 g/mol. The lowest BCUT2D eigenvalue weighted by molar-refractivity contribution is 0.315. The van der Waals surface area contributed by atoms with Gasteiger partial charge in [-0.1, -0.05) is 6.92 Å². The van der Waals surface area contributed by atoms with Crippen LogP contribution in [0, 0.1) is 0 Å². The van der Waals surface area contributed by atoms with Gasteiger partial charge in [0.2, 0.25) is 10.0 Å². The predicted molar refractivity (Wildman–Crippen MR) is 78.5 cm³/mol. The molecule has 6 heteroatoms. The standard InChI is InChI=1S/C14H22N2O3S/c1-3-15-10-11-19-13-6-8-14(9-7-13)20(17,18)16(2)12-4-5-12/h6-9,12,15H,3-5,10-11H2,1-2H3. The van der Waals surface area contributed by atoms with E-state index in [1.54, 1.807) is 31.3 Å². The van der Waals surface area contributed by atoms with Crippen LogP contribution in [-0.2, 0) is 10.0 Å². The Hall–Kier alpha value is -1.11. The van der Waals surface area contributed by atoms with Gasteiger partial charge in [0.05, 0.1) is 4.90 Å². The van der Waals surface area contributed by atoms with Gasteiger partial charge in [-0.05, 0) is 43.7 Å². The maximum Gasteiger partial charge on any atom is 0.243 e. The summed E-state index contributed by atoms with van der Waals surface area (Å²) in [4.78, 5) is 0.325. The molecule has 0 aliphatic heterocycles. The first-order chi connectivity index (χ1) is 9.55. The number of benzene rings is 1. The monoisotopic (exact) mass is 298 g/mol. The maximum absolute atomic E-state index is 12.3. The summed E-state index contributed by atoms with van der Waals surface area (Å²) in [6, 6.07) is 6.81. The summed E-state index contributed by atoms with van der Waals surface area (Å²) in [5, 5.41) is 3.16. The molecule has 0 atom stereocenters. The molecule has 1 aromatic carbocycles. The average Bonchev–Trinajstić information content (AvgIpc) is 3.28. The van der Waals surface area contributed by atoms with E-state index in [2.05, 4.69) is 5.32 Å². The van der Waals surface area contributed by atoms with E-state index in [-0.39, 0.29) is 6.04 Å². The van der Waals surface area contributed by atoms with Crippen molar-refractivity contribution < 1.29 is 13.2 Å². The second-order valence-corrected chi connectivity index (χ2v) is 6.92. The minimum Gasteiger partial charge on any atom is -0.492 e. The number of rotatable bonds is 8. The van der Waals surface area contributed by atoms with Crippen LogP contribution in [0.25, 0.3) is 0 Å². The predicted octanol–water partition coefficient (Wildman–Crippen LogP) is 1.46. The van der Waals surface area contributed by atoms with Crippen molar-refractivity contribution in [2.24, 2.45) is 0 Å². The van der Waals surface area contributed by atoms with Crippen molar-refractivity contribution in [3.63, 3.8) is 0 Å². The molecule has 1 saturated carbocycles. The average molecular weight is 298 g/mol. The van der Waals surface area contributed by atoms with Crippen LogP contribution in [0.3, 0.4) is 0 Å². The Morgan fingerprint density at radius 1 is 1.30 bits per heavy atom. The summed E-state index contributed by atoms with van der Waals surface area (Å²) >= 11 is 0. The van der Waals surface area contributed by atoms with Gasteiger partial charge >= 0.3 is 0 Å². The van der Waals surface area contributed by atoms with Crippen LogP contribution >= 0.6 is 0 Å². The zero-order valence-corrected chi connectivity index (χ0v) is 12.8. The fourth-order valence-corrected chi connectivity index (χ4v) is 3.34. The molecular formula is C14H22N2O3S. The zero-order valence-electron chi connectivity index (χ0n) is 12.0. The molecule has 5 nitrogen and oxygen atoms in total. The van der Waals surface area contributed by atoms with Crippen LogP contribution in [0.1, 0.15) is 19.8 Å². The Bertz CT molecular complexity index is 524. The van der Waals surface area contributed by atoms with Crippen LogP contribution in [0.2, 0.25) is 0 Å². The highest BCUT2D eigenvalue weighted by Gasteiger charge is 2.34. The molecule has 112 valence electrons. The lowest BCUT2D eigenvalue weighted by Gasteiger charge is -2.16. The van der Waals surface area contributed by atoms with Gasteiger partial charge in [0, 0.05) is 19.6 Å². The van der Waals surface area contributed by atoms with E-state index in [4.69, 9.17) is 4.74 Å². The Labute approximate surface area is 121 Å². The summed E-state index contributed by atoms with van der Waals surface area (Å²) in [7, 11) is -1.71. The van der Waals surface area contributed by atoms with E-state index in [0.29, 0.717) is 17.3 Å². The fraction of sp³-hybridized carbons (Fsp3) is 0.571. The molecule has 0 saturated heterocycles. The maximum atomic E-state index is 12.3. The quantitative estimate of drug-likeness (QED) is 0.738. The van der Waals surface area contributed by atoms with Gasteiger partial charge in [-0.25, -0.2) is 8.42 Å². The van der Waals surface area contributed by atoms with E-state index in [9.17, 15) is 8.42 Å². The Morgan fingerprint density at radius 3 is 2.50 bits per heavy atom. The molecule has 2 rings (SSSR count). The molecule has 1 aliphatic carbocycles. The summed E-state index contributed by atoms with van der Waals surface area (Å²) in [6.45, 7) is 4.30. The molecule has 1 fully saturated rings.